The fourth-order valence-corrected chi connectivity index (χ4v) is 2.39. The van der Waals surface area contributed by atoms with Crippen molar-refractivity contribution in [2.75, 3.05) is 5.32 Å². The molecule has 84 valence electrons. The van der Waals surface area contributed by atoms with E-state index < -0.39 is 6.09 Å². The maximum atomic E-state index is 10.7. The van der Waals surface area contributed by atoms with Crippen molar-refractivity contribution in [2.24, 2.45) is 0 Å². The first-order valence-electron chi connectivity index (χ1n) is 5.46. The molecule has 0 unspecified atom stereocenters. The van der Waals surface area contributed by atoms with Gasteiger partial charge in [-0.1, -0.05) is 36.4 Å². The van der Waals surface area contributed by atoms with Gasteiger partial charge in [-0.15, -0.1) is 0 Å². The predicted octanol–water partition coefficient (Wildman–Crippen LogP) is 3.35. The zero-order chi connectivity index (χ0) is 11.8. The number of hydrogen-bond donors (Lipinski definition) is 2. The number of fused-ring (bicyclic) bond motifs is 3. The number of nitrogens with one attached hydrogen (secondary N) is 1. The topological polar surface area (TPSA) is 49.3 Å². The molecule has 1 amide bonds. The molecule has 0 fully saturated rings. The third kappa shape index (κ3) is 1.56. The molecule has 0 aliphatic heterocycles. The van der Waals surface area contributed by atoms with Gasteiger partial charge in [0.2, 0.25) is 0 Å². The smallest absolute Gasteiger partial charge is 0.409 e. The van der Waals surface area contributed by atoms with Gasteiger partial charge in [0.25, 0.3) is 0 Å². The molecule has 0 atom stereocenters. The van der Waals surface area contributed by atoms with Gasteiger partial charge in [0.1, 0.15) is 0 Å². The van der Waals surface area contributed by atoms with Gasteiger partial charge in [0.05, 0.1) is 0 Å². The van der Waals surface area contributed by atoms with Gasteiger partial charge in [-0.05, 0) is 28.3 Å². The van der Waals surface area contributed by atoms with Crippen molar-refractivity contribution < 1.29 is 9.90 Å². The molecule has 1 aliphatic carbocycles. The Labute approximate surface area is 98.7 Å². The van der Waals surface area contributed by atoms with E-state index in [1.54, 1.807) is 6.07 Å². The van der Waals surface area contributed by atoms with Crippen molar-refractivity contribution in [1.82, 2.24) is 0 Å². The molecule has 3 heteroatoms. The normalized spacial score (nSPS) is 11.8. The number of benzene rings is 2. The molecule has 2 aromatic carbocycles. The van der Waals surface area contributed by atoms with Gasteiger partial charge >= 0.3 is 6.09 Å². The summed E-state index contributed by atoms with van der Waals surface area (Å²) in [7, 11) is 0. The Hall–Kier alpha value is -2.29. The van der Waals surface area contributed by atoms with Crippen LogP contribution in [0.15, 0.2) is 42.5 Å². The van der Waals surface area contributed by atoms with Gasteiger partial charge in [-0.2, -0.15) is 0 Å². The van der Waals surface area contributed by atoms with E-state index in [2.05, 4.69) is 17.4 Å². The van der Waals surface area contributed by atoms with Crippen molar-refractivity contribution in [3.05, 3.63) is 53.6 Å². The summed E-state index contributed by atoms with van der Waals surface area (Å²) in [5.41, 5.74) is 5.34. The highest BCUT2D eigenvalue weighted by atomic mass is 16.4. The molecular weight excluding hydrogens is 214 g/mol. The maximum Gasteiger partial charge on any atom is 0.409 e. The van der Waals surface area contributed by atoms with Crippen LogP contribution in [0.1, 0.15) is 11.1 Å². The van der Waals surface area contributed by atoms with Crippen molar-refractivity contribution in [1.29, 1.82) is 0 Å². The summed E-state index contributed by atoms with van der Waals surface area (Å²) in [6.45, 7) is 0. The first-order valence-corrected chi connectivity index (χ1v) is 5.46. The lowest BCUT2D eigenvalue weighted by Gasteiger charge is -2.07. The minimum absolute atomic E-state index is 0.686. The molecular formula is C14H11NO2. The Morgan fingerprint density at radius 2 is 1.82 bits per heavy atom. The molecule has 0 bridgehead atoms. The van der Waals surface area contributed by atoms with E-state index in [1.165, 1.54) is 11.1 Å². The van der Waals surface area contributed by atoms with Gasteiger partial charge < -0.3 is 5.11 Å². The number of amides is 1. The fraction of sp³-hybridized carbons (Fsp3) is 0.0714. The second kappa shape index (κ2) is 3.63. The first-order chi connectivity index (χ1) is 8.25. The van der Waals surface area contributed by atoms with Crippen molar-refractivity contribution in [3.8, 4) is 11.1 Å². The minimum atomic E-state index is -1.02. The van der Waals surface area contributed by atoms with Crippen LogP contribution in [-0.2, 0) is 6.42 Å². The highest BCUT2D eigenvalue weighted by molar-refractivity contribution is 5.89. The van der Waals surface area contributed by atoms with Crippen LogP contribution in [0, 0.1) is 0 Å². The quantitative estimate of drug-likeness (QED) is 0.667. The fourth-order valence-electron chi connectivity index (χ4n) is 2.39. The van der Waals surface area contributed by atoms with Crippen LogP contribution in [0.3, 0.4) is 0 Å². The molecule has 2 N–H and O–H groups in total. The van der Waals surface area contributed by atoms with Gasteiger partial charge in [0.15, 0.2) is 0 Å². The van der Waals surface area contributed by atoms with Crippen LogP contribution in [0.4, 0.5) is 10.5 Å². The Balaban J connectivity index is 2.14. The summed E-state index contributed by atoms with van der Waals surface area (Å²) in [6, 6.07) is 13.9. The summed E-state index contributed by atoms with van der Waals surface area (Å²) in [6.07, 6.45) is -0.226. The molecule has 0 aromatic heterocycles. The van der Waals surface area contributed by atoms with E-state index in [0.29, 0.717) is 5.69 Å². The van der Waals surface area contributed by atoms with Crippen molar-refractivity contribution >= 4 is 11.8 Å². The zero-order valence-electron chi connectivity index (χ0n) is 9.10. The minimum Gasteiger partial charge on any atom is -0.465 e. The Morgan fingerprint density at radius 1 is 1.06 bits per heavy atom. The molecule has 0 saturated carbocycles. The second-order valence-corrected chi connectivity index (χ2v) is 4.10. The zero-order valence-corrected chi connectivity index (χ0v) is 9.10. The Morgan fingerprint density at radius 3 is 2.65 bits per heavy atom. The lowest BCUT2D eigenvalue weighted by molar-refractivity contribution is 0.209. The molecule has 3 nitrogen and oxygen atoms in total. The monoisotopic (exact) mass is 225 g/mol. The van der Waals surface area contributed by atoms with Gasteiger partial charge in [-0.25, -0.2) is 4.79 Å². The van der Waals surface area contributed by atoms with E-state index in [4.69, 9.17) is 5.11 Å². The lowest BCUT2D eigenvalue weighted by Crippen LogP contribution is -2.08. The molecule has 0 radical (unpaired) electrons. The van der Waals surface area contributed by atoms with E-state index >= 15 is 0 Å². The van der Waals surface area contributed by atoms with Crippen molar-refractivity contribution in [3.63, 3.8) is 0 Å². The molecule has 2 aromatic rings. The molecule has 0 saturated heterocycles. The first kappa shape index (κ1) is 9.90. The van der Waals surface area contributed by atoms with Crippen LogP contribution >= 0.6 is 0 Å². The molecule has 3 rings (SSSR count). The number of rotatable bonds is 1. The van der Waals surface area contributed by atoms with E-state index in [9.17, 15) is 4.79 Å². The molecule has 1 aliphatic rings. The largest absolute Gasteiger partial charge is 0.465 e. The van der Waals surface area contributed by atoms with Crippen LogP contribution in [-0.4, -0.2) is 11.2 Å². The number of carboxylic acid groups (broad SMARTS) is 1. The highest BCUT2D eigenvalue weighted by Gasteiger charge is 2.20. The van der Waals surface area contributed by atoms with Gasteiger partial charge in [0, 0.05) is 12.1 Å². The van der Waals surface area contributed by atoms with Crippen LogP contribution in [0.5, 0.6) is 0 Å². The number of hydrogen-bond acceptors (Lipinski definition) is 1. The average molecular weight is 225 g/mol. The lowest BCUT2D eigenvalue weighted by atomic mass is 10.1. The molecule has 17 heavy (non-hydrogen) atoms. The van der Waals surface area contributed by atoms with Crippen molar-refractivity contribution in [2.45, 2.75) is 6.42 Å². The third-order valence-electron chi connectivity index (χ3n) is 3.09. The van der Waals surface area contributed by atoms with Crippen LogP contribution < -0.4 is 5.32 Å². The van der Waals surface area contributed by atoms with Gasteiger partial charge in [-0.3, -0.25) is 5.32 Å². The van der Waals surface area contributed by atoms with Crippen LogP contribution in [0.25, 0.3) is 11.1 Å². The number of anilines is 1. The van der Waals surface area contributed by atoms with E-state index in [-0.39, 0.29) is 0 Å². The Bertz CT molecular complexity index is 605. The van der Waals surface area contributed by atoms with Crippen LogP contribution in [0.2, 0.25) is 0 Å². The molecule has 0 spiro atoms. The maximum absolute atomic E-state index is 10.7. The van der Waals surface area contributed by atoms with E-state index in [1.807, 2.05) is 24.3 Å². The summed E-state index contributed by atoms with van der Waals surface area (Å²) in [5.74, 6) is 0. The Kier molecular flexibility index (Phi) is 2.11. The summed E-state index contributed by atoms with van der Waals surface area (Å²) in [5, 5.41) is 11.3. The average Bonchev–Trinajstić information content (AvgIpc) is 2.68. The van der Waals surface area contributed by atoms with E-state index in [0.717, 1.165) is 17.5 Å². The predicted molar refractivity (Wildman–Crippen MR) is 66.3 cm³/mol. The molecule has 0 heterocycles. The number of carbonyl (C=O) groups is 1. The standard InChI is InChI=1S/C14H11NO2/c16-14(17)15-13-7-3-6-11-10-5-2-1-4-9(10)8-12(11)13/h1-7,15H,8H2,(H,16,17). The third-order valence-corrected chi connectivity index (χ3v) is 3.09. The SMILES string of the molecule is O=C(O)Nc1cccc2c1Cc1ccccc1-2. The second-order valence-electron chi connectivity index (χ2n) is 4.10. The summed E-state index contributed by atoms with van der Waals surface area (Å²) >= 11 is 0. The summed E-state index contributed by atoms with van der Waals surface area (Å²) in [4.78, 5) is 10.7. The highest BCUT2D eigenvalue weighted by Crippen LogP contribution is 2.39. The summed E-state index contributed by atoms with van der Waals surface area (Å²) < 4.78 is 0.